The molecule has 1 N–H and O–H groups in total. The minimum absolute atomic E-state index is 0.0268. The molecule has 0 radical (unpaired) electrons. The van der Waals surface area contributed by atoms with Crippen LogP contribution in [0.4, 0.5) is 9.59 Å². The molecule has 15 heteroatoms. The molecule has 1 fully saturated rings. The minimum Gasteiger partial charge on any atom is -0.458 e. The zero-order valence-corrected chi connectivity index (χ0v) is 30.8. The number of carbonyl (C=O) groups excluding carboxylic acids is 4. The summed E-state index contributed by atoms with van der Waals surface area (Å²) in [5, 5.41) is 4.78. The van der Waals surface area contributed by atoms with E-state index in [9.17, 15) is 27.6 Å². The molecule has 0 unspecified atom stereocenters. The van der Waals surface area contributed by atoms with Crippen LogP contribution in [-0.2, 0) is 53.3 Å². The minimum atomic E-state index is -4.00. The van der Waals surface area contributed by atoms with Crippen LogP contribution in [0.25, 0.3) is 0 Å². The van der Waals surface area contributed by atoms with Gasteiger partial charge in [0.2, 0.25) is 6.10 Å². The van der Waals surface area contributed by atoms with Crippen molar-refractivity contribution in [3.63, 3.8) is 0 Å². The maximum absolute atomic E-state index is 14.2. The summed E-state index contributed by atoms with van der Waals surface area (Å²) in [5.41, 5.74) is 1.64. The summed E-state index contributed by atoms with van der Waals surface area (Å²) in [4.78, 5) is 58.4. The van der Waals surface area contributed by atoms with Crippen molar-refractivity contribution >= 4 is 34.1 Å². The summed E-state index contributed by atoms with van der Waals surface area (Å²) in [6.07, 6.45) is -0.653. The maximum atomic E-state index is 14.2. The first kappa shape index (κ1) is 38.5. The highest BCUT2D eigenvalue weighted by atomic mass is 32.2. The zero-order chi connectivity index (χ0) is 38.2. The van der Waals surface area contributed by atoms with Crippen LogP contribution in [0.1, 0.15) is 49.6 Å². The number of nitrogens with one attached hydrogen (secondary N) is 1. The van der Waals surface area contributed by atoms with E-state index in [0.717, 1.165) is 37.0 Å². The molecule has 3 aromatic carbocycles. The van der Waals surface area contributed by atoms with E-state index in [1.807, 2.05) is 31.2 Å². The van der Waals surface area contributed by atoms with Gasteiger partial charge in [-0.2, -0.15) is 0 Å². The van der Waals surface area contributed by atoms with Crippen molar-refractivity contribution in [3.8, 4) is 0 Å². The monoisotopic (exact) mass is 745 g/mol. The Morgan fingerprint density at radius 1 is 0.849 bits per heavy atom. The molecule has 5 rings (SSSR count). The second kappa shape index (κ2) is 16.8. The lowest BCUT2D eigenvalue weighted by Gasteiger charge is -2.31. The van der Waals surface area contributed by atoms with Crippen LogP contribution in [0.3, 0.4) is 0 Å². The fraction of sp³-hybridized carbons (Fsp3) is 0.342. The van der Waals surface area contributed by atoms with Gasteiger partial charge in [0.15, 0.2) is 0 Å². The first-order valence-corrected chi connectivity index (χ1v) is 18.5. The fourth-order valence-corrected chi connectivity index (χ4v) is 6.64. The number of hydrogen-bond acceptors (Lipinski definition) is 10. The second-order valence-electron chi connectivity index (χ2n) is 13.5. The lowest BCUT2D eigenvalue weighted by atomic mass is 10.1. The lowest BCUT2D eigenvalue weighted by molar-refractivity contribution is -0.157. The summed E-state index contributed by atoms with van der Waals surface area (Å²) < 4.78 is 44.1. The van der Waals surface area contributed by atoms with Crippen LogP contribution < -0.4 is 5.32 Å². The number of nitrogens with zero attached hydrogens (tertiary/aromatic N) is 4. The summed E-state index contributed by atoms with van der Waals surface area (Å²) in [6.45, 7) is 6.98. The Balaban J connectivity index is 1.34. The van der Waals surface area contributed by atoms with Gasteiger partial charge >= 0.3 is 18.2 Å². The van der Waals surface area contributed by atoms with Gasteiger partial charge in [0.05, 0.1) is 10.6 Å². The van der Waals surface area contributed by atoms with Gasteiger partial charge in [-0.15, -0.1) is 0 Å². The number of amides is 3. The van der Waals surface area contributed by atoms with E-state index in [-0.39, 0.29) is 43.1 Å². The fourth-order valence-electron chi connectivity index (χ4n) is 5.49. The van der Waals surface area contributed by atoms with Gasteiger partial charge in [0.1, 0.15) is 24.6 Å². The van der Waals surface area contributed by atoms with E-state index in [2.05, 4.69) is 10.3 Å². The number of imidazole rings is 1. The highest BCUT2D eigenvalue weighted by molar-refractivity contribution is 7.90. The standard InChI is InChI=1S/C38H43N5O9S/c1-27-16-18-31(19-17-27)53(48,49)41-24-30(39-26-41)23-32(40-36(46)52-38(2,3)4)34(44)42-20-11-21-43(42)37(47)51-33(22-28-12-7-5-8-13-28)35(45)50-25-29-14-9-6-10-15-29/h5-10,12-19,24,26,32-33H,11,20-23,25H2,1-4H3,(H,40,46)/t32-,33-/m0/s1. The number of esters is 1. The van der Waals surface area contributed by atoms with Gasteiger partial charge in [-0.3, -0.25) is 4.79 Å². The summed E-state index contributed by atoms with van der Waals surface area (Å²) in [7, 11) is -4.00. The number of rotatable bonds is 12. The maximum Gasteiger partial charge on any atom is 0.429 e. The Morgan fingerprint density at radius 2 is 1.47 bits per heavy atom. The first-order valence-electron chi connectivity index (χ1n) is 17.1. The predicted octanol–water partition coefficient (Wildman–Crippen LogP) is 4.80. The molecule has 53 heavy (non-hydrogen) atoms. The molecule has 2 heterocycles. The molecule has 0 saturated carbocycles. The van der Waals surface area contributed by atoms with Crippen LogP contribution >= 0.6 is 0 Å². The van der Waals surface area contributed by atoms with Crippen molar-refractivity contribution in [2.24, 2.45) is 0 Å². The zero-order valence-electron chi connectivity index (χ0n) is 30.0. The van der Waals surface area contributed by atoms with Crippen molar-refractivity contribution in [1.29, 1.82) is 0 Å². The van der Waals surface area contributed by atoms with Crippen LogP contribution in [0.5, 0.6) is 0 Å². The first-order chi connectivity index (χ1) is 25.2. The smallest absolute Gasteiger partial charge is 0.429 e. The van der Waals surface area contributed by atoms with Crippen molar-refractivity contribution in [2.75, 3.05) is 13.1 Å². The van der Waals surface area contributed by atoms with Crippen molar-refractivity contribution in [1.82, 2.24) is 24.3 Å². The molecule has 14 nitrogen and oxygen atoms in total. The van der Waals surface area contributed by atoms with Crippen LogP contribution in [0, 0.1) is 6.92 Å². The van der Waals surface area contributed by atoms with E-state index in [0.29, 0.717) is 6.42 Å². The number of benzene rings is 3. The molecule has 4 aromatic rings. The SMILES string of the molecule is Cc1ccc(S(=O)(=O)n2cnc(C[C@H](NC(=O)OC(C)(C)C)C(=O)N3CCCN3C(=O)O[C@@H](Cc3ccccc3)C(=O)OCc3ccccc3)c2)cc1. The average Bonchev–Trinajstić information content (AvgIpc) is 3.81. The molecular formula is C38H43N5O9S. The molecule has 1 aromatic heterocycles. The molecular weight excluding hydrogens is 703 g/mol. The Bertz CT molecular complexity index is 2000. The quantitative estimate of drug-likeness (QED) is 0.157. The third kappa shape index (κ3) is 10.4. The highest BCUT2D eigenvalue weighted by Crippen LogP contribution is 2.20. The number of alkyl carbamates (subject to hydrolysis) is 1. The largest absolute Gasteiger partial charge is 0.458 e. The second-order valence-corrected chi connectivity index (χ2v) is 15.4. The van der Waals surface area contributed by atoms with Gasteiger partial charge < -0.3 is 19.5 Å². The third-order valence-electron chi connectivity index (χ3n) is 8.10. The topological polar surface area (TPSA) is 166 Å². The van der Waals surface area contributed by atoms with Gasteiger partial charge in [-0.25, -0.2) is 41.8 Å². The average molecular weight is 746 g/mol. The summed E-state index contributed by atoms with van der Waals surface area (Å²) in [5.74, 6) is -1.46. The van der Waals surface area contributed by atoms with Crippen LogP contribution in [-0.4, -0.2) is 82.3 Å². The van der Waals surface area contributed by atoms with Crippen molar-refractivity contribution in [2.45, 2.75) is 76.2 Å². The van der Waals surface area contributed by atoms with E-state index in [4.69, 9.17) is 14.2 Å². The molecule has 2 atom stereocenters. The van der Waals surface area contributed by atoms with E-state index >= 15 is 0 Å². The molecule has 1 aliphatic heterocycles. The Kier molecular flexibility index (Phi) is 12.2. The van der Waals surface area contributed by atoms with Gasteiger partial charge in [-0.05, 0) is 57.4 Å². The number of hydrazine groups is 1. The molecule has 0 spiro atoms. The van der Waals surface area contributed by atoms with E-state index in [1.165, 1.54) is 18.3 Å². The Labute approximate surface area is 308 Å². The normalized spacial score (nSPS) is 14.3. The number of aryl methyl sites for hydroxylation is 1. The summed E-state index contributed by atoms with van der Waals surface area (Å²) in [6, 6.07) is 23.0. The molecule has 3 amide bonds. The van der Waals surface area contributed by atoms with Crippen molar-refractivity contribution in [3.05, 3.63) is 120 Å². The summed E-state index contributed by atoms with van der Waals surface area (Å²) >= 11 is 0. The van der Waals surface area contributed by atoms with Crippen LogP contribution in [0.2, 0.25) is 0 Å². The lowest BCUT2D eigenvalue weighted by Crippen LogP contribution is -2.55. The molecule has 0 aliphatic carbocycles. The third-order valence-corrected chi connectivity index (χ3v) is 9.73. The Morgan fingerprint density at radius 3 is 2.11 bits per heavy atom. The Hall–Kier alpha value is -5.70. The molecule has 0 bridgehead atoms. The van der Waals surface area contributed by atoms with Gasteiger partial charge in [-0.1, -0.05) is 78.4 Å². The molecule has 1 aliphatic rings. The molecule has 1 saturated heterocycles. The highest BCUT2D eigenvalue weighted by Gasteiger charge is 2.39. The van der Waals surface area contributed by atoms with Gasteiger partial charge in [0.25, 0.3) is 15.9 Å². The van der Waals surface area contributed by atoms with E-state index in [1.54, 1.807) is 69.3 Å². The number of ether oxygens (including phenoxy) is 3. The number of hydrogen-bond donors (Lipinski definition) is 1. The number of carbonyl (C=O) groups is 4. The van der Waals surface area contributed by atoms with Gasteiger partial charge in [0, 0.05) is 32.1 Å². The molecule has 280 valence electrons. The van der Waals surface area contributed by atoms with E-state index < -0.39 is 51.8 Å². The number of aromatic nitrogens is 2. The predicted molar refractivity (Wildman–Crippen MR) is 193 cm³/mol. The van der Waals surface area contributed by atoms with Crippen LogP contribution in [0.15, 0.2) is 102 Å². The van der Waals surface area contributed by atoms with Crippen molar-refractivity contribution < 1.29 is 41.8 Å².